The van der Waals surface area contributed by atoms with Crippen LogP contribution in [0, 0.1) is 5.41 Å². The first-order chi connectivity index (χ1) is 7.94. The summed E-state index contributed by atoms with van der Waals surface area (Å²) >= 11 is 0. The Morgan fingerprint density at radius 1 is 1.53 bits per heavy atom. The molecular formula is C13H24N2O2. The molecule has 4 heteroatoms. The molecule has 1 heterocycles. The molecule has 0 bridgehead atoms. The minimum atomic E-state index is -0.467. The van der Waals surface area contributed by atoms with Crippen molar-refractivity contribution < 1.29 is 9.53 Å². The largest absolute Gasteiger partial charge is 0.375 e. The lowest BCUT2D eigenvalue weighted by Crippen LogP contribution is -2.53. The third-order valence-electron chi connectivity index (χ3n) is 4.26. The summed E-state index contributed by atoms with van der Waals surface area (Å²) in [5.41, 5.74) is 5.07. The molecule has 0 radical (unpaired) electrons. The molecule has 2 fully saturated rings. The first kappa shape index (κ1) is 12.8. The molecule has 98 valence electrons. The first-order valence-corrected chi connectivity index (χ1v) is 6.61. The summed E-state index contributed by atoms with van der Waals surface area (Å²) in [5.74, 6) is -0.240. The van der Waals surface area contributed by atoms with E-state index in [1.807, 2.05) is 13.8 Å². The van der Waals surface area contributed by atoms with E-state index >= 15 is 0 Å². The van der Waals surface area contributed by atoms with Crippen molar-refractivity contribution in [2.75, 3.05) is 13.2 Å². The van der Waals surface area contributed by atoms with E-state index in [2.05, 4.69) is 5.32 Å². The van der Waals surface area contributed by atoms with Crippen LogP contribution in [0.25, 0.3) is 0 Å². The summed E-state index contributed by atoms with van der Waals surface area (Å²) in [6.07, 6.45) is 5.81. The third-order valence-corrected chi connectivity index (χ3v) is 4.26. The van der Waals surface area contributed by atoms with Gasteiger partial charge in [0, 0.05) is 19.2 Å². The van der Waals surface area contributed by atoms with Gasteiger partial charge in [0.15, 0.2) is 0 Å². The van der Waals surface area contributed by atoms with Crippen LogP contribution in [0.1, 0.15) is 46.0 Å². The van der Waals surface area contributed by atoms with E-state index in [9.17, 15) is 4.79 Å². The molecule has 1 aliphatic heterocycles. The second-order valence-corrected chi connectivity index (χ2v) is 6.20. The number of rotatable bonds is 4. The maximum atomic E-state index is 11.2. The maximum Gasteiger partial charge on any atom is 0.224 e. The average molecular weight is 240 g/mol. The summed E-state index contributed by atoms with van der Waals surface area (Å²) in [4.78, 5) is 11.2. The van der Waals surface area contributed by atoms with E-state index in [1.54, 1.807) is 0 Å². The Balaban J connectivity index is 1.81. The number of amides is 1. The molecule has 4 nitrogen and oxygen atoms in total. The van der Waals surface area contributed by atoms with Crippen LogP contribution in [0.3, 0.4) is 0 Å². The van der Waals surface area contributed by atoms with E-state index in [1.165, 1.54) is 19.3 Å². The zero-order valence-electron chi connectivity index (χ0n) is 10.9. The molecule has 0 aromatic heterocycles. The predicted octanol–water partition coefficient (Wildman–Crippen LogP) is 1.19. The molecule has 2 rings (SSSR count). The van der Waals surface area contributed by atoms with Gasteiger partial charge in [-0.1, -0.05) is 0 Å². The summed E-state index contributed by atoms with van der Waals surface area (Å²) < 4.78 is 5.88. The standard InChI is InChI=1S/C13H24N2O2/c1-12(2,11(14)16)9-15-10-4-7-17-13(8-10)5-3-6-13/h10,15H,3-9H2,1-2H3,(H2,14,16). The van der Waals surface area contributed by atoms with Crippen LogP contribution in [-0.4, -0.2) is 30.7 Å². The number of nitrogens with two attached hydrogens (primary N) is 1. The Hall–Kier alpha value is -0.610. The number of carbonyl (C=O) groups is 1. The zero-order valence-corrected chi connectivity index (χ0v) is 10.9. The molecule has 3 N–H and O–H groups in total. The molecule has 1 saturated carbocycles. The van der Waals surface area contributed by atoms with Crippen molar-refractivity contribution in [3.8, 4) is 0 Å². The Morgan fingerprint density at radius 3 is 2.76 bits per heavy atom. The SMILES string of the molecule is CC(C)(CNC1CCOC2(CCC2)C1)C(N)=O. The molecule has 1 aliphatic carbocycles. The van der Waals surface area contributed by atoms with E-state index in [4.69, 9.17) is 10.5 Å². The fourth-order valence-corrected chi connectivity index (χ4v) is 2.61. The highest BCUT2D eigenvalue weighted by Gasteiger charge is 2.42. The van der Waals surface area contributed by atoms with Gasteiger partial charge in [0.25, 0.3) is 0 Å². The van der Waals surface area contributed by atoms with Gasteiger partial charge in [0.2, 0.25) is 5.91 Å². The molecule has 1 amide bonds. The summed E-state index contributed by atoms with van der Waals surface area (Å²) in [5, 5.41) is 3.49. The topological polar surface area (TPSA) is 64.3 Å². The van der Waals surface area contributed by atoms with Gasteiger partial charge in [0.1, 0.15) is 0 Å². The summed E-state index contributed by atoms with van der Waals surface area (Å²) in [7, 11) is 0. The minimum Gasteiger partial charge on any atom is -0.375 e. The van der Waals surface area contributed by atoms with Crippen molar-refractivity contribution in [3.05, 3.63) is 0 Å². The number of ether oxygens (including phenoxy) is 1. The Morgan fingerprint density at radius 2 is 2.24 bits per heavy atom. The molecule has 17 heavy (non-hydrogen) atoms. The van der Waals surface area contributed by atoms with Crippen molar-refractivity contribution in [1.82, 2.24) is 5.32 Å². The van der Waals surface area contributed by atoms with Crippen LogP contribution in [0.5, 0.6) is 0 Å². The van der Waals surface area contributed by atoms with Gasteiger partial charge in [-0.05, 0) is 46.0 Å². The molecule has 0 aromatic carbocycles. The van der Waals surface area contributed by atoms with Crippen LogP contribution in [0.15, 0.2) is 0 Å². The molecule has 1 saturated heterocycles. The Bertz CT molecular complexity index is 298. The second kappa shape index (κ2) is 4.58. The highest BCUT2D eigenvalue weighted by Crippen LogP contribution is 2.42. The highest BCUT2D eigenvalue weighted by atomic mass is 16.5. The summed E-state index contributed by atoms with van der Waals surface area (Å²) in [6, 6.07) is 0.475. The Labute approximate surface area is 103 Å². The van der Waals surface area contributed by atoms with Gasteiger partial charge < -0.3 is 15.8 Å². The second-order valence-electron chi connectivity index (χ2n) is 6.20. The van der Waals surface area contributed by atoms with Crippen LogP contribution in [-0.2, 0) is 9.53 Å². The van der Waals surface area contributed by atoms with Crippen molar-refractivity contribution >= 4 is 5.91 Å². The van der Waals surface area contributed by atoms with Crippen LogP contribution in [0.4, 0.5) is 0 Å². The lowest BCUT2D eigenvalue weighted by Gasteiger charge is -2.47. The van der Waals surface area contributed by atoms with Crippen molar-refractivity contribution in [2.45, 2.75) is 57.6 Å². The maximum absolute atomic E-state index is 11.2. The number of nitrogens with one attached hydrogen (secondary N) is 1. The van der Waals surface area contributed by atoms with E-state index in [-0.39, 0.29) is 11.5 Å². The summed E-state index contributed by atoms with van der Waals surface area (Å²) in [6.45, 7) is 5.28. The van der Waals surface area contributed by atoms with Crippen molar-refractivity contribution in [2.24, 2.45) is 11.1 Å². The van der Waals surface area contributed by atoms with Crippen molar-refractivity contribution in [1.29, 1.82) is 0 Å². The lowest BCUT2D eigenvalue weighted by atomic mass is 9.74. The van der Waals surface area contributed by atoms with Crippen LogP contribution >= 0.6 is 0 Å². The third kappa shape index (κ3) is 2.80. The smallest absolute Gasteiger partial charge is 0.224 e. The highest BCUT2D eigenvalue weighted by molar-refractivity contribution is 5.80. The monoisotopic (exact) mass is 240 g/mol. The van der Waals surface area contributed by atoms with Gasteiger partial charge in [-0.15, -0.1) is 0 Å². The molecular weight excluding hydrogens is 216 g/mol. The number of carbonyl (C=O) groups excluding carboxylic acids is 1. The molecule has 1 atom stereocenters. The fraction of sp³-hybridized carbons (Fsp3) is 0.923. The Kier molecular flexibility index (Phi) is 3.46. The van der Waals surface area contributed by atoms with Gasteiger partial charge in [-0.3, -0.25) is 4.79 Å². The number of primary amides is 1. The van der Waals surface area contributed by atoms with E-state index in [0.717, 1.165) is 19.4 Å². The normalized spacial score (nSPS) is 27.8. The lowest BCUT2D eigenvalue weighted by molar-refractivity contribution is -0.136. The molecule has 2 aliphatic rings. The molecule has 1 spiro atoms. The van der Waals surface area contributed by atoms with Gasteiger partial charge in [-0.25, -0.2) is 0 Å². The van der Waals surface area contributed by atoms with E-state index < -0.39 is 5.41 Å². The quantitative estimate of drug-likeness (QED) is 0.776. The molecule has 0 aromatic rings. The zero-order chi connectivity index (χ0) is 12.5. The van der Waals surface area contributed by atoms with Gasteiger partial charge >= 0.3 is 0 Å². The average Bonchev–Trinajstić information content (AvgIpc) is 2.25. The molecule has 1 unspecified atom stereocenters. The number of hydrogen-bond acceptors (Lipinski definition) is 3. The number of hydrogen-bond donors (Lipinski definition) is 2. The van der Waals surface area contributed by atoms with Gasteiger partial charge in [0.05, 0.1) is 11.0 Å². The van der Waals surface area contributed by atoms with Crippen LogP contribution < -0.4 is 11.1 Å². The fourth-order valence-electron chi connectivity index (χ4n) is 2.61. The predicted molar refractivity (Wildman–Crippen MR) is 66.5 cm³/mol. The van der Waals surface area contributed by atoms with Gasteiger partial charge in [-0.2, -0.15) is 0 Å². The minimum absolute atomic E-state index is 0.160. The van der Waals surface area contributed by atoms with E-state index in [0.29, 0.717) is 12.6 Å². The first-order valence-electron chi connectivity index (χ1n) is 6.61. The van der Waals surface area contributed by atoms with Crippen LogP contribution in [0.2, 0.25) is 0 Å². The van der Waals surface area contributed by atoms with Crippen molar-refractivity contribution in [3.63, 3.8) is 0 Å².